The minimum atomic E-state index is -0.604. The number of para-hydroxylation sites is 1. The van der Waals surface area contributed by atoms with Crippen molar-refractivity contribution in [2.75, 3.05) is 27.1 Å². The van der Waals surface area contributed by atoms with Crippen LogP contribution in [0.1, 0.15) is 34.3 Å². The van der Waals surface area contributed by atoms with E-state index >= 15 is 0 Å². The minimum Gasteiger partial charge on any atom is -0.472 e. The Morgan fingerprint density at radius 3 is 2.55 bits per heavy atom. The first-order chi connectivity index (χ1) is 23.7. The molecule has 2 fully saturated rings. The summed E-state index contributed by atoms with van der Waals surface area (Å²) in [5.74, 6) is -0.600. The van der Waals surface area contributed by atoms with Crippen molar-refractivity contribution in [2.45, 2.75) is 31.5 Å². The number of hydrogen-bond donors (Lipinski definition) is 0. The molecule has 4 aromatic rings. The van der Waals surface area contributed by atoms with Gasteiger partial charge in [-0.2, -0.15) is 5.10 Å². The summed E-state index contributed by atoms with van der Waals surface area (Å²) in [7, 11) is 3.09. The minimum absolute atomic E-state index is 0.0292. The highest BCUT2D eigenvalue weighted by molar-refractivity contribution is 6.40. The normalized spacial score (nSPS) is 19.1. The third-order valence-electron chi connectivity index (χ3n) is 9.29. The molecule has 0 radical (unpaired) electrons. The van der Waals surface area contributed by atoms with Crippen LogP contribution in [0, 0.1) is 0 Å². The Labute approximate surface area is 291 Å². The van der Waals surface area contributed by atoms with Gasteiger partial charge in [-0.05, 0) is 48.2 Å². The Morgan fingerprint density at radius 2 is 1.86 bits per heavy atom. The Bertz CT molecular complexity index is 2040. The lowest BCUT2D eigenvalue weighted by atomic mass is 9.98. The summed E-state index contributed by atoms with van der Waals surface area (Å²) in [6, 6.07) is 10.6. The maximum Gasteiger partial charge on any atom is 0.339 e. The third kappa shape index (κ3) is 5.85. The van der Waals surface area contributed by atoms with Crippen LogP contribution < -0.4 is 4.74 Å². The number of aromatic nitrogens is 3. The van der Waals surface area contributed by atoms with Crippen molar-refractivity contribution < 1.29 is 28.2 Å². The van der Waals surface area contributed by atoms with Gasteiger partial charge in [-0.25, -0.2) is 14.2 Å². The Kier molecular flexibility index (Phi) is 8.91. The van der Waals surface area contributed by atoms with Gasteiger partial charge in [0.15, 0.2) is 12.4 Å². The average Bonchev–Trinajstić information content (AvgIpc) is 3.61. The molecule has 2 atom stereocenters. The molecule has 5 heterocycles. The van der Waals surface area contributed by atoms with E-state index in [1.807, 2.05) is 19.2 Å². The van der Waals surface area contributed by atoms with Gasteiger partial charge in [-0.1, -0.05) is 48.0 Å². The van der Waals surface area contributed by atoms with E-state index in [2.05, 4.69) is 21.6 Å². The number of allylic oxidation sites excluding steroid dienone is 2. The van der Waals surface area contributed by atoms with Gasteiger partial charge in [-0.15, -0.1) is 0 Å². The van der Waals surface area contributed by atoms with Crippen molar-refractivity contribution >= 4 is 51.7 Å². The summed E-state index contributed by atoms with van der Waals surface area (Å²) in [5, 5.41) is 5.48. The number of esters is 1. The molecule has 0 N–H and O–H groups in total. The molecule has 2 unspecified atom stereocenters. The topological polar surface area (TPSA) is 99.0 Å². The van der Waals surface area contributed by atoms with Crippen molar-refractivity contribution in [2.24, 2.45) is 7.05 Å². The lowest BCUT2D eigenvalue weighted by molar-refractivity contribution is -0.136. The molecule has 0 aliphatic carbocycles. The zero-order valence-corrected chi connectivity index (χ0v) is 28.3. The monoisotopic (exact) mass is 703 g/mol. The van der Waals surface area contributed by atoms with Crippen LogP contribution in [0.25, 0.3) is 27.7 Å². The van der Waals surface area contributed by atoms with Crippen molar-refractivity contribution in [3.8, 4) is 16.9 Å². The first-order valence-corrected chi connectivity index (χ1v) is 16.4. The molecular weight excluding hydrogens is 672 g/mol. The standard InChI is InChI=1S/C36H32Cl2FN5O5/c1-20(36(46)47-3)31(44-24-7-8-25(44)18-48-17-24)13-23(14-39)27-6-4-5-21-16-43(19-49-33(21)27)35(45)32-29(37)11-22(12-30(32)38)26-9-10-40-34-28(26)15-41-42(34)2/h4-6,9-15,24-25H,1,7-8,16-19H2,2-3H3/b23-14-,31-13+. The summed E-state index contributed by atoms with van der Waals surface area (Å²) in [6.45, 7) is 5.03. The molecule has 3 aliphatic rings. The van der Waals surface area contributed by atoms with Gasteiger partial charge in [0.25, 0.3) is 5.91 Å². The quantitative estimate of drug-likeness (QED) is 0.119. The number of aryl methyl sites for hydroxylation is 1. The van der Waals surface area contributed by atoms with Crippen LogP contribution in [0.2, 0.25) is 10.0 Å². The smallest absolute Gasteiger partial charge is 0.339 e. The molecule has 10 nitrogen and oxygen atoms in total. The number of methoxy groups -OCH3 is 1. The van der Waals surface area contributed by atoms with Crippen LogP contribution in [0.3, 0.4) is 0 Å². The number of hydrogen-bond acceptors (Lipinski definition) is 8. The molecule has 13 heteroatoms. The molecule has 252 valence electrons. The third-order valence-corrected chi connectivity index (χ3v) is 9.89. The first kappa shape index (κ1) is 32.8. The molecule has 2 saturated heterocycles. The summed E-state index contributed by atoms with van der Waals surface area (Å²) in [6.07, 6.45) is 7.25. The first-order valence-electron chi connectivity index (χ1n) is 15.7. The summed E-state index contributed by atoms with van der Waals surface area (Å²) >= 11 is 13.4. The summed E-state index contributed by atoms with van der Waals surface area (Å²) in [5.41, 5.74) is 4.29. The van der Waals surface area contributed by atoms with Gasteiger partial charge >= 0.3 is 5.97 Å². The van der Waals surface area contributed by atoms with E-state index in [1.54, 1.807) is 47.4 Å². The molecule has 0 spiro atoms. The summed E-state index contributed by atoms with van der Waals surface area (Å²) < 4.78 is 33.3. The fourth-order valence-corrected chi connectivity index (χ4v) is 7.55. The second-order valence-electron chi connectivity index (χ2n) is 12.1. The summed E-state index contributed by atoms with van der Waals surface area (Å²) in [4.78, 5) is 34.5. The van der Waals surface area contributed by atoms with Crippen molar-refractivity contribution in [1.82, 2.24) is 24.6 Å². The Balaban J connectivity index is 1.17. The Hall–Kier alpha value is -4.71. The number of fused-ring (bicyclic) bond motifs is 4. The van der Waals surface area contributed by atoms with Gasteiger partial charge in [0.1, 0.15) is 5.75 Å². The van der Waals surface area contributed by atoms with Gasteiger partial charge in [0.2, 0.25) is 0 Å². The molecule has 2 aromatic carbocycles. The van der Waals surface area contributed by atoms with Crippen molar-refractivity contribution in [3.05, 3.63) is 106 Å². The highest BCUT2D eigenvalue weighted by Gasteiger charge is 2.40. The number of rotatable bonds is 7. The average molecular weight is 705 g/mol. The van der Waals surface area contributed by atoms with Crippen LogP contribution in [0.5, 0.6) is 5.75 Å². The largest absolute Gasteiger partial charge is 0.472 e. The van der Waals surface area contributed by atoms with Crippen LogP contribution >= 0.6 is 23.2 Å². The van der Waals surface area contributed by atoms with E-state index in [0.29, 0.717) is 47.8 Å². The second kappa shape index (κ2) is 13.3. The van der Waals surface area contributed by atoms with Crippen molar-refractivity contribution in [1.29, 1.82) is 0 Å². The predicted molar refractivity (Wildman–Crippen MR) is 184 cm³/mol. The van der Waals surface area contributed by atoms with Crippen LogP contribution in [0.15, 0.2) is 79.0 Å². The molecule has 1 amide bonds. The number of ether oxygens (including phenoxy) is 3. The molecular formula is C36H32Cl2FN5O5. The highest BCUT2D eigenvalue weighted by atomic mass is 35.5. The lowest BCUT2D eigenvalue weighted by Crippen LogP contribution is -2.45. The number of pyridine rings is 1. The van der Waals surface area contributed by atoms with Gasteiger partial charge in [-0.3, -0.25) is 9.48 Å². The number of morpholine rings is 1. The number of halogens is 3. The molecule has 7 rings (SSSR count). The van der Waals surface area contributed by atoms with E-state index in [1.165, 1.54) is 12.0 Å². The van der Waals surface area contributed by atoms with Gasteiger partial charge in [0, 0.05) is 35.3 Å². The molecule has 2 aromatic heterocycles. The van der Waals surface area contributed by atoms with E-state index in [0.717, 1.165) is 29.4 Å². The Morgan fingerprint density at radius 1 is 1.12 bits per heavy atom. The molecule has 3 aliphatic heterocycles. The number of nitrogens with zero attached hydrogens (tertiary/aromatic N) is 5. The van der Waals surface area contributed by atoms with E-state index in [9.17, 15) is 14.0 Å². The maximum absolute atomic E-state index is 14.8. The van der Waals surface area contributed by atoms with Gasteiger partial charge in [0.05, 0.1) is 78.4 Å². The number of carbonyl (C=O) groups is 2. The molecule has 49 heavy (non-hydrogen) atoms. The fraction of sp³-hybridized carbons (Fsp3) is 0.278. The molecule has 2 bridgehead atoms. The predicted octanol–water partition coefficient (Wildman–Crippen LogP) is 6.72. The van der Waals surface area contributed by atoms with E-state index in [-0.39, 0.29) is 52.1 Å². The number of carbonyl (C=O) groups excluding carboxylic acids is 2. The lowest BCUT2D eigenvalue weighted by Gasteiger charge is -2.38. The molecule has 0 saturated carbocycles. The maximum atomic E-state index is 14.8. The SMILES string of the molecule is C=C(C(=O)OC)/C(=C\C(=C\F)c1cccc2c1OCN(C(=O)c1c(Cl)cc(-c3ccnc4c3cnn4C)cc1Cl)C2)N1C2CCC1COC2. The van der Waals surface area contributed by atoms with Gasteiger partial charge < -0.3 is 24.0 Å². The highest BCUT2D eigenvalue weighted by Crippen LogP contribution is 2.40. The second-order valence-corrected chi connectivity index (χ2v) is 13.0. The fourth-order valence-electron chi connectivity index (χ4n) is 6.90. The van der Waals surface area contributed by atoms with Crippen LogP contribution in [-0.2, 0) is 27.9 Å². The van der Waals surface area contributed by atoms with Crippen molar-refractivity contribution in [3.63, 3.8) is 0 Å². The van der Waals surface area contributed by atoms with Crippen LogP contribution in [-0.4, -0.2) is 75.6 Å². The van der Waals surface area contributed by atoms with E-state index < -0.39 is 11.9 Å². The zero-order chi connectivity index (χ0) is 34.4. The van der Waals surface area contributed by atoms with Crippen LogP contribution in [0.4, 0.5) is 4.39 Å². The number of benzene rings is 2. The zero-order valence-electron chi connectivity index (χ0n) is 26.8. The van der Waals surface area contributed by atoms with E-state index in [4.69, 9.17) is 37.4 Å². The number of amides is 1.